The van der Waals surface area contributed by atoms with Gasteiger partial charge in [-0.05, 0) is 6.42 Å². The summed E-state index contributed by atoms with van der Waals surface area (Å²) >= 11 is 0. The molecule has 1 atom stereocenters. The fraction of sp³-hybridized carbons (Fsp3) is 0.714. The minimum absolute atomic E-state index is 0. The molecule has 0 unspecified atom stereocenters. The number of methoxy groups -OCH3 is 1. The lowest BCUT2D eigenvalue weighted by Crippen LogP contribution is -2.39. The molecule has 0 aliphatic rings. The van der Waals surface area contributed by atoms with Crippen molar-refractivity contribution in [1.29, 1.82) is 0 Å². The minimum atomic E-state index is -0.502. The summed E-state index contributed by atoms with van der Waals surface area (Å²) in [6, 6.07) is -0.502. The maximum absolute atomic E-state index is 10.8. The molecule has 0 rings (SSSR count). The number of amides is 1. The summed E-state index contributed by atoms with van der Waals surface area (Å²) in [5.41, 5.74) is 0. The Labute approximate surface area is 67.4 Å². The Kier molecular flexibility index (Phi) is 4.26. The molecular formula is C7H15NO3. The number of rotatable bonds is 3. The first-order valence-electron chi connectivity index (χ1n) is 3.46. The molecule has 66 valence electrons. The monoisotopic (exact) mass is 161 g/mol. The van der Waals surface area contributed by atoms with Crippen LogP contribution in [0.3, 0.4) is 0 Å². The number of esters is 1. The molecule has 11 heavy (non-hydrogen) atoms. The molecule has 0 heterocycles. The number of hydrogen-bond acceptors (Lipinski definition) is 3. The van der Waals surface area contributed by atoms with E-state index in [9.17, 15) is 9.59 Å². The van der Waals surface area contributed by atoms with Gasteiger partial charge in [-0.15, -0.1) is 0 Å². The highest BCUT2D eigenvalue weighted by atomic mass is 16.5. The van der Waals surface area contributed by atoms with Gasteiger partial charge in [0, 0.05) is 8.35 Å². The first-order chi connectivity index (χ1) is 5.11. The topological polar surface area (TPSA) is 55.4 Å². The number of carbonyl (C=O) groups is 2. The second-order valence-electron chi connectivity index (χ2n) is 2.18. The third-order valence-corrected chi connectivity index (χ3v) is 1.27. The summed E-state index contributed by atoms with van der Waals surface area (Å²) in [5.74, 6) is -0.620. The predicted molar refractivity (Wildman–Crippen MR) is 42.0 cm³/mol. The van der Waals surface area contributed by atoms with Gasteiger partial charge >= 0.3 is 5.97 Å². The van der Waals surface area contributed by atoms with Gasteiger partial charge in [-0.3, -0.25) is 4.79 Å². The van der Waals surface area contributed by atoms with Crippen molar-refractivity contribution >= 4 is 11.9 Å². The van der Waals surface area contributed by atoms with Crippen molar-refractivity contribution in [3.63, 3.8) is 0 Å². The van der Waals surface area contributed by atoms with E-state index in [-0.39, 0.29) is 7.33 Å². The molecule has 0 bridgehead atoms. The summed E-state index contributed by atoms with van der Waals surface area (Å²) < 4.78 is 4.45. The lowest BCUT2D eigenvalue weighted by atomic mass is 10.2. The van der Waals surface area contributed by atoms with Crippen molar-refractivity contribution in [3.05, 3.63) is 0 Å². The SMILES string of the molecule is CC[C@H](NC(C)=O)C(=O)OC.[HH]. The number of carbonyl (C=O) groups excluding carboxylic acids is 2. The summed E-state index contributed by atoms with van der Waals surface area (Å²) in [7, 11) is 1.30. The van der Waals surface area contributed by atoms with Crippen LogP contribution in [0.1, 0.15) is 21.7 Å². The zero-order chi connectivity index (χ0) is 8.85. The molecule has 0 spiro atoms. The van der Waals surface area contributed by atoms with Gasteiger partial charge in [-0.2, -0.15) is 0 Å². The van der Waals surface area contributed by atoms with E-state index < -0.39 is 12.0 Å². The van der Waals surface area contributed by atoms with Gasteiger partial charge in [0.2, 0.25) is 5.91 Å². The molecule has 0 aliphatic carbocycles. The number of nitrogens with one attached hydrogen (secondary N) is 1. The van der Waals surface area contributed by atoms with E-state index in [1.807, 2.05) is 0 Å². The third-order valence-electron chi connectivity index (χ3n) is 1.27. The predicted octanol–water partition coefficient (Wildman–Crippen LogP) is 0.320. The van der Waals surface area contributed by atoms with Crippen LogP contribution in [0.15, 0.2) is 0 Å². The number of hydrogen-bond donors (Lipinski definition) is 1. The van der Waals surface area contributed by atoms with Gasteiger partial charge < -0.3 is 10.1 Å². The highest BCUT2D eigenvalue weighted by molar-refractivity contribution is 5.82. The second kappa shape index (κ2) is 4.71. The Hall–Kier alpha value is -1.06. The maximum Gasteiger partial charge on any atom is 0.328 e. The fourth-order valence-electron chi connectivity index (χ4n) is 0.715. The normalized spacial score (nSPS) is 11.9. The summed E-state index contributed by atoms with van der Waals surface area (Å²) in [6.45, 7) is 3.17. The van der Waals surface area contributed by atoms with Crippen molar-refractivity contribution in [3.8, 4) is 0 Å². The van der Waals surface area contributed by atoms with Crippen LogP contribution in [0.25, 0.3) is 0 Å². The van der Waals surface area contributed by atoms with Gasteiger partial charge in [0.05, 0.1) is 7.11 Å². The van der Waals surface area contributed by atoms with E-state index in [4.69, 9.17) is 0 Å². The molecule has 4 nitrogen and oxygen atoms in total. The van der Waals surface area contributed by atoms with Crippen molar-refractivity contribution < 1.29 is 15.8 Å². The van der Waals surface area contributed by atoms with Gasteiger partial charge in [0.1, 0.15) is 6.04 Å². The lowest BCUT2D eigenvalue weighted by molar-refractivity contribution is -0.144. The highest BCUT2D eigenvalue weighted by Gasteiger charge is 2.16. The molecular weight excluding hydrogens is 146 g/mol. The van der Waals surface area contributed by atoms with Crippen molar-refractivity contribution in [2.24, 2.45) is 0 Å². The van der Waals surface area contributed by atoms with E-state index in [1.165, 1.54) is 14.0 Å². The molecule has 0 fully saturated rings. The Morgan fingerprint density at radius 1 is 1.64 bits per heavy atom. The van der Waals surface area contributed by atoms with Gasteiger partial charge in [0.15, 0.2) is 0 Å². The van der Waals surface area contributed by atoms with Crippen molar-refractivity contribution in [2.75, 3.05) is 7.11 Å². The zero-order valence-electron chi connectivity index (χ0n) is 7.01. The van der Waals surface area contributed by atoms with Crippen LogP contribution in [0.4, 0.5) is 0 Å². The molecule has 0 radical (unpaired) electrons. The van der Waals surface area contributed by atoms with Crippen LogP contribution in [0, 0.1) is 0 Å². The van der Waals surface area contributed by atoms with Gasteiger partial charge in [0.25, 0.3) is 0 Å². The first-order valence-corrected chi connectivity index (χ1v) is 3.46. The Balaban J connectivity index is 0. The van der Waals surface area contributed by atoms with Crippen molar-refractivity contribution in [1.82, 2.24) is 5.32 Å². The molecule has 1 amide bonds. The Bertz CT molecular complexity index is 161. The van der Waals surface area contributed by atoms with E-state index in [0.717, 1.165) is 0 Å². The quantitative estimate of drug-likeness (QED) is 0.606. The van der Waals surface area contributed by atoms with E-state index in [0.29, 0.717) is 6.42 Å². The summed E-state index contributed by atoms with van der Waals surface area (Å²) in [5, 5.41) is 2.47. The molecule has 0 saturated heterocycles. The van der Waals surface area contributed by atoms with E-state index >= 15 is 0 Å². The molecule has 0 aromatic carbocycles. The number of ether oxygens (including phenoxy) is 1. The van der Waals surface area contributed by atoms with E-state index in [2.05, 4.69) is 10.1 Å². The van der Waals surface area contributed by atoms with Crippen LogP contribution >= 0.6 is 0 Å². The fourth-order valence-corrected chi connectivity index (χ4v) is 0.715. The van der Waals surface area contributed by atoms with Crippen LogP contribution < -0.4 is 5.32 Å². The van der Waals surface area contributed by atoms with Crippen LogP contribution in [-0.4, -0.2) is 25.0 Å². The molecule has 1 N–H and O–H groups in total. The molecule has 0 saturated carbocycles. The average molecular weight is 161 g/mol. The molecule has 0 aliphatic heterocycles. The smallest absolute Gasteiger partial charge is 0.328 e. The van der Waals surface area contributed by atoms with Crippen LogP contribution in [0.2, 0.25) is 0 Å². The summed E-state index contributed by atoms with van der Waals surface area (Å²) in [4.78, 5) is 21.4. The largest absolute Gasteiger partial charge is 0.467 e. The van der Waals surface area contributed by atoms with Crippen LogP contribution in [-0.2, 0) is 14.3 Å². The second-order valence-corrected chi connectivity index (χ2v) is 2.18. The zero-order valence-corrected chi connectivity index (χ0v) is 7.01. The molecule has 0 aromatic rings. The highest BCUT2D eigenvalue weighted by Crippen LogP contribution is 1.92. The minimum Gasteiger partial charge on any atom is -0.467 e. The Morgan fingerprint density at radius 2 is 2.18 bits per heavy atom. The van der Waals surface area contributed by atoms with E-state index in [1.54, 1.807) is 6.92 Å². The lowest BCUT2D eigenvalue weighted by Gasteiger charge is -2.12. The Morgan fingerprint density at radius 3 is 2.45 bits per heavy atom. The molecule has 0 aromatic heterocycles. The van der Waals surface area contributed by atoms with Gasteiger partial charge in [-0.25, -0.2) is 4.79 Å². The first kappa shape index (κ1) is 9.94. The van der Waals surface area contributed by atoms with Crippen molar-refractivity contribution in [2.45, 2.75) is 26.3 Å². The molecule has 4 heteroatoms. The maximum atomic E-state index is 10.8. The third kappa shape index (κ3) is 3.60. The van der Waals surface area contributed by atoms with Crippen LogP contribution in [0.5, 0.6) is 0 Å². The average Bonchev–Trinajstić information content (AvgIpc) is 1.98. The standard InChI is InChI=1S/C7H13NO3.H2/c1-4-6(7(10)11-3)8-5(2)9;/h6H,4H2,1-3H3,(H,8,9);1H/t6-;/m0./s1. The van der Waals surface area contributed by atoms with Gasteiger partial charge in [-0.1, -0.05) is 6.92 Å². The summed E-state index contributed by atoms with van der Waals surface area (Å²) in [6.07, 6.45) is 0.548.